The molecule has 1 N–H and O–H groups in total. The Morgan fingerprint density at radius 1 is 1.38 bits per heavy atom. The van der Waals surface area contributed by atoms with Crippen LogP contribution in [0.2, 0.25) is 0 Å². The van der Waals surface area contributed by atoms with Crippen LogP contribution in [0.3, 0.4) is 0 Å². The van der Waals surface area contributed by atoms with E-state index < -0.39 is 0 Å². The number of hydrogen-bond acceptors (Lipinski definition) is 4. The van der Waals surface area contributed by atoms with Crippen LogP contribution >= 0.6 is 11.3 Å². The van der Waals surface area contributed by atoms with E-state index >= 15 is 0 Å². The van der Waals surface area contributed by atoms with Crippen LogP contribution in [0.5, 0.6) is 0 Å². The van der Waals surface area contributed by atoms with Gasteiger partial charge in [-0.2, -0.15) is 0 Å². The summed E-state index contributed by atoms with van der Waals surface area (Å²) in [7, 11) is 1.84. The highest BCUT2D eigenvalue weighted by Crippen LogP contribution is 2.27. The Hall–Kier alpha value is -1.33. The van der Waals surface area contributed by atoms with Crippen LogP contribution in [0.1, 0.15) is 10.6 Å². The number of benzene rings is 1. The molecule has 0 saturated carbocycles. The Balaban J connectivity index is 2.39. The zero-order valence-electron chi connectivity index (χ0n) is 9.12. The smallest absolute Gasteiger partial charge is 0.150 e. The maximum absolute atomic E-state index is 13.8. The van der Waals surface area contributed by atoms with Gasteiger partial charge >= 0.3 is 0 Å². The molecule has 0 aliphatic rings. The van der Waals surface area contributed by atoms with Crippen LogP contribution < -0.4 is 5.32 Å². The highest BCUT2D eigenvalue weighted by Gasteiger charge is 2.11. The van der Waals surface area contributed by atoms with Crippen molar-refractivity contribution in [2.75, 3.05) is 7.05 Å². The number of halogens is 1. The molecule has 1 aromatic carbocycles. The maximum atomic E-state index is 13.8. The molecule has 3 nitrogen and oxygen atoms in total. The zero-order chi connectivity index (χ0) is 11.5. The minimum atomic E-state index is -0.213. The van der Waals surface area contributed by atoms with Crippen LogP contribution in [-0.2, 0) is 6.54 Å². The molecule has 0 atom stereocenters. The molecule has 16 heavy (non-hydrogen) atoms. The normalized spacial score (nSPS) is 10.7. The molecular formula is C11H12FN3S. The molecule has 0 aliphatic heterocycles. The Kier molecular flexibility index (Phi) is 3.26. The fourth-order valence-corrected chi connectivity index (χ4v) is 2.27. The highest BCUT2D eigenvalue weighted by atomic mass is 32.1. The summed E-state index contributed by atoms with van der Waals surface area (Å²) in [5, 5.41) is 12.5. The number of rotatable bonds is 3. The standard InChI is InChI=1S/C11H12FN3S/c1-7-4-3-5-8(10(7)12)11-15-14-9(16-11)6-13-2/h3-5,13H,6H2,1-2H3. The number of aryl methyl sites for hydroxylation is 1. The van der Waals surface area contributed by atoms with Gasteiger partial charge in [0.25, 0.3) is 0 Å². The first-order valence-electron chi connectivity index (χ1n) is 4.95. The quantitative estimate of drug-likeness (QED) is 0.890. The molecule has 1 aromatic heterocycles. The average molecular weight is 237 g/mol. The van der Waals surface area contributed by atoms with Gasteiger partial charge in [-0.25, -0.2) is 4.39 Å². The van der Waals surface area contributed by atoms with Crippen molar-refractivity contribution in [1.29, 1.82) is 0 Å². The fraction of sp³-hybridized carbons (Fsp3) is 0.273. The van der Waals surface area contributed by atoms with Gasteiger partial charge in [0.2, 0.25) is 0 Å². The zero-order valence-corrected chi connectivity index (χ0v) is 9.94. The molecule has 0 spiro atoms. The summed E-state index contributed by atoms with van der Waals surface area (Å²) in [5.74, 6) is -0.213. The molecule has 5 heteroatoms. The minimum Gasteiger partial charge on any atom is -0.313 e. The van der Waals surface area contributed by atoms with Gasteiger partial charge in [-0.1, -0.05) is 23.5 Å². The third-order valence-electron chi connectivity index (χ3n) is 2.22. The van der Waals surface area contributed by atoms with Crippen molar-refractivity contribution in [3.63, 3.8) is 0 Å². The van der Waals surface area contributed by atoms with E-state index in [-0.39, 0.29) is 5.82 Å². The predicted molar refractivity (Wildman–Crippen MR) is 62.8 cm³/mol. The van der Waals surface area contributed by atoms with Gasteiger partial charge in [0.15, 0.2) is 5.01 Å². The van der Waals surface area contributed by atoms with Gasteiger partial charge in [0.1, 0.15) is 10.8 Å². The van der Waals surface area contributed by atoms with Crippen LogP contribution in [0.25, 0.3) is 10.6 Å². The van der Waals surface area contributed by atoms with E-state index in [1.807, 2.05) is 13.1 Å². The van der Waals surface area contributed by atoms with Crippen molar-refractivity contribution >= 4 is 11.3 Å². The van der Waals surface area contributed by atoms with E-state index in [4.69, 9.17) is 0 Å². The predicted octanol–water partition coefficient (Wildman–Crippen LogP) is 2.37. The summed E-state index contributed by atoms with van der Waals surface area (Å²) in [6, 6.07) is 5.30. The monoisotopic (exact) mass is 237 g/mol. The fourth-order valence-electron chi connectivity index (χ4n) is 1.40. The second-order valence-electron chi connectivity index (χ2n) is 3.47. The van der Waals surface area contributed by atoms with Crippen molar-refractivity contribution in [2.24, 2.45) is 0 Å². The van der Waals surface area contributed by atoms with Crippen molar-refractivity contribution in [1.82, 2.24) is 15.5 Å². The van der Waals surface area contributed by atoms with Crippen molar-refractivity contribution < 1.29 is 4.39 Å². The van der Waals surface area contributed by atoms with E-state index in [1.165, 1.54) is 11.3 Å². The molecular weight excluding hydrogens is 225 g/mol. The second-order valence-corrected chi connectivity index (χ2v) is 4.53. The number of aromatic nitrogens is 2. The van der Waals surface area contributed by atoms with E-state index in [0.29, 0.717) is 22.7 Å². The lowest BCUT2D eigenvalue weighted by Gasteiger charge is -2.00. The molecule has 1 heterocycles. The summed E-state index contributed by atoms with van der Waals surface area (Å²) in [6.07, 6.45) is 0. The largest absolute Gasteiger partial charge is 0.313 e. The van der Waals surface area contributed by atoms with Gasteiger partial charge in [0.05, 0.1) is 0 Å². The summed E-state index contributed by atoms with van der Waals surface area (Å²) in [6.45, 7) is 2.40. The molecule has 2 rings (SSSR count). The Morgan fingerprint density at radius 3 is 2.94 bits per heavy atom. The third kappa shape index (κ3) is 2.10. The van der Waals surface area contributed by atoms with Gasteiger partial charge in [-0.15, -0.1) is 10.2 Å². The van der Waals surface area contributed by atoms with Crippen molar-refractivity contribution in [2.45, 2.75) is 13.5 Å². The molecule has 0 saturated heterocycles. The summed E-state index contributed by atoms with van der Waals surface area (Å²) in [4.78, 5) is 0. The number of hydrogen-bond donors (Lipinski definition) is 1. The SMILES string of the molecule is CNCc1nnc(-c2cccc(C)c2F)s1. The molecule has 0 aliphatic carbocycles. The lowest BCUT2D eigenvalue weighted by Crippen LogP contribution is -2.04. The summed E-state index contributed by atoms with van der Waals surface area (Å²) >= 11 is 1.41. The Labute approximate surface area is 97.3 Å². The van der Waals surface area contributed by atoms with Crippen LogP contribution in [0, 0.1) is 12.7 Å². The van der Waals surface area contributed by atoms with Gasteiger partial charge in [-0.05, 0) is 25.6 Å². The van der Waals surface area contributed by atoms with Crippen LogP contribution in [0.4, 0.5) is 4.39 Å². The molecule has 84 valence electrons. The topological polar surface area (TPSA) is 37.8 Å². The first-order valence-corrected chi connectivity index (χ1v) is 5.76. The lowest BCUT2D eigenvalue weighted by atomic mass is 10.1. The first-order chi connectivity index (χ1) is 7.72. The molecule has 0 radical (unpaired) electrons. The average Bonchev–Trinajstić information content (AvgIpc) is 2.71. The first kappa shape index (κ1) is 11.2. The third-order valence-corrected chi connectivity index (χ3v) is 3.17. The second kappa shape index (κ2) is 4.67. The van der Waals surface area contributed by atoms with E-state index in [1.54, 1.807) is 19.1 Å². The summed E-state index contributed by atoms with van der Waals surface area (Å²) in [5.41, 5.74) is 1.16. The maximum Gasteiger partial charge on any atom is 0.150 e. The minimum absolute atomic E-state index is 0.213. The van der Waals surface area contributed by atoms with Gasteiger partial charge < -0.3 is 5.32 Å². The van der Waals surface area contributed by atoms with E-state index in [0.717, 1.165) is 5.01 Å². The number of nitrogens with zero attached hydrogens (tertiary/aromatic N) is 2. The van der Waals surface area contributed by atoms with Crippen molar-refractivity contribution in [3.05, 3.63) is 34.6 Å². The molecule has 0 bridgehead atoms. The molecule has 0 fully saturated rings. The molecule has 0 unspecified atom stereocenters. The summed E-state index contributed by atoms with van der Waals surface area (Å²) < 4.78 is 13.8. The highest BCUT2D eigenvalue weighted by molar-refractivity contribution is 7.14. The van der Waals surface area contributed by atoms with Crippen LogP contribution in [0.15, 0.2) is 18.2 Å². The van der Waals surface area contributed by atoms with Crippen molar-refractivity contribution in [3.8, 4) is 10.6 Å². The van der Waals surface area contributed by atoms with E-state index in [2.05, 4.69) is 15.5 Å². The Bertz CT molecular complexity index is 496. The Morgan fingerprint density at radius 2 is 2.19 bits per heavy atom. The van der Waals surface area contributed by atoms with Crippen LogP contribution in [-0.4, -0.2) is 17.2 Å². The number of nitrogens with one attached hydrogen (secondary N) is 1. The lowest BCUT2D eigenvalue weighted by molar-refractivity contribution is 0.621. The molecule has 2 aromatic rings. The van der Waals surface area contributed by atoms with E-state index in [9.17, 15) is 4.39 Å². The van der Waals surface area contributed by atoms with Gasteiger partial charge in [0, 0.05) is 12.1 Å². The van der Waals surface area contributed by atoms with Gasteiger partial charge in [-0.3, -0.25) is 0 Å². The molecule has 0 amide bonds.